The number of aryl methyl sites for hydroxylation is 1. The first-order chi connectivity index (χ1) is 14.3. The molecule has 4 rings (SSSR count). The molecular weight excluding hydrogens is 391 g/mol. The summed E-state index contributed by atoms with van der Waals surface area (Å²) in [6.07, 6.45) is 1.68. The van der Waals surface area contributed by atoms with Gasteiger partial charge in [0.1, 0.15) is 0 Å². The van der Waals surface area contributed by atoms with E-state index < -0.39 is 12.3 Å². The Morgan fingerprint density at radius 3 is 2.43 bits per heavy atom. The van der Waals surface area contributed by atoms with Crippen molar-refractivity contribution in [1.29, 1.82) is 0 Å². The van der Waals surface area contributed by atoms with Gasteiger partial charge in [-0.1, -0.05) is 43.2 Å². The molecule has 2 aromatic heterocycles. The van der Waals surface area contributed by atoms with Crippen LogP contribution in [-0.4, -0.2) is 26.0 Å². The van der Waals surface area contributed by atoms with Crippen LogP contribution in [0.5, 0.6) is 0 Å². The Kier molecular flexibility index (Phi) is 5.64. The molecule has 1 aliphatic rings. The van der Waals surface area contributed by atoms with Crippen molar-refractivity contribution in [3.8, 4) is 22.4 Å². The summed E-state index contributed by atoms with van der Waals surface area (Å²) < 4.78 is 40.3. The molecule has 1 aromatic carbocycles. The van der Waals surface area contributed by atoms with Crippen molar-refractivity contribution >= 4 is 0 Å². The van der Waals surface area contributed by atoms with Crippen LogP contribution >= 0.6 is 0 Å². The van der Waals surface area contributed by atoms with E-state index >= 15 is 0 Å². The van der Waals surface area contributed by atoms with Gasteiger partial charge in [-0.3, -0.25) is 9.67 Å². The summed E-state index contributed by atoms with van der Waals surface area (Å²) in [5, 5.41) is 14.0. The highest BCUT2D eigenvalue weighted by Gasteiger charge is 2.39. The summed E-state index contributed by atoms with van der Waals surface area (Å²) in [5.41, 5.74) is 3.80. The maximum Gasteiger partial charge on any atom is 0.418 e. The molecule has 0 bridgehead atoms. The van der Waals surface area contributed by atoms with Gasteiger partial charge in [0, 0.05) is 35.1 Å². The lowest BCUT2D eigenvalue weighted by Gasteiger charge is -2.15. The van der Waals surface area contributed by atoms with E-state index in [0.29, 0.717) is 17.2 Å². The second-order valence-electron chi connectivity index (χ2n) is 8.02. The third-order valence-electron chi connectivity index (χ3n) is 5.71. The van der Waals surface area contributed by atoms with Gasteiger partial charge in [0.05, 0.1) is 11.9 Å². The van der Waals surface area contributed by atoms with E-state index in [1.54, 1.807) is 12.1 Å². The minimum absolute atomic E-state index is 0.190. The highest BCUT2D eigenvalue weighted by Crippen LogP contribution is 2.35. The van der Waals surface area contributed by atoms with Gasteiger partial charge in [0.2, 0.25) is 0 Å². The van der Waals surface area contributed by atoms with Gasteiger partial charge < -0.3 is 5.11 Å². The summed E-state index contributed by atoms with van der Waals surface area (Å²) in [5.74, 6) is 0.668. The van der Waals surface area contributed by atoms with Crippen LogP contribution in [0, 0.1) is 12.8 Å². The predicted molar refractivity (Wildman–Crippen MR) is 109 cm³/mol. The summed E-state index contributed by atoms with van der Waals surface area (Å²) in [7, 11) is 0. The van der Waals surface area contributed by atoms with Gasteiger partial charge in [0.15, 0.2) is 6.10 Å². The number of pyridine rings is 1. The van der Waals surface area contributed by atoms with E-state index in [2.05, 4.69) is 10.1 Å². The Hall–Kier alpha value is -2.67. The lowest BCUT2D eigenvalue weighted by Crippen LogP contribution is -2.20. The van der Waals surface area contributed by atoms with Crippen LogP contribution in [0.3, 0.4) is 0 Å². The minimum atomic E-state index is -4.69. The highest BCUT2D eigenvalue weighted by atomic mass is 19.4. The smallest absolute Gasteiger partial charge is 0.379 e. The second-order valence-corrected chi connectivity index (χ2v) is 8.02. The molecule has 2 heterocycles. The fourth-order valence-electron chi connectivity index (χ4n) is 4.08. The monoisotopic (exact) mass is 415 g/mol. The molecule has 0 aliphatic heterocycles. The molecule has 1 aliphatic carbocycles. The lowest BCUT2D eigenvalue weighted by molar-refractivity contribution is -0.206. The van der Waals surface area contributed by atoms with Gasteiger partial charge in [-0.2, -0.15) is 18.3 Å². The van der Waals surface area contributed by atoms with Crippen molar-refractivity contribution in [3.05, 3.63) is 60.0 Å². The maximum absolute atomic E-state index is 12.8. The molecule has 158 valence electrons. The Morgan fingerprint density at radius 2 is 1.77 bits per heavy atom. The lowest BCUT2D eigenvalue weighted by atomic mass is 9.99. The molecule has 30 heavy (non-hydrogen) atoms. The largest absolute Gasteiger partial charge is 0.418 e. The zero-order valence-corrected chi connectivity index (χ0v) is 16.7. The van der Waals surface area contributed by atoms with Gasteiger partial charge in [-0.05, 0) is 37.3 Å². The number of halogens is 3. The topological polar surface area (TPSA) is 50.9 Å². The van der Waals surface area contributed by atoms with Crippen molar-refractivity contribution in [1.82, 2.24) is 14.8 Å². The SMILES string of the molecule is Cc1ccc(-c2cnn(CC3CCCC3)c2)c(-c2ccc(C(O)C(F)(F)F)cc2)n1. The molecule has 0 spiro atoms. The van der Waals surface area contributed by atoms with Gasteiger partial charge in [-0.15, -0.1) is 0 Å². The Labute approximate surface area is 173 Å². The van der Waals surface area contributed by atoms with E-state index in [9.17, 15) is 18.3 Å². The van der Waals surface area contributed by atoms with Crippen LogP contribution < -0.4 is 0 Å². The van der Waals surface area contributed by atoms with Crippen LogP contribution in [0.4, 0.5) is 13.2 Å². The molecular formula is C23H24F3N3O. The first-order valence-electron chi connectivity index (χ1n) is 10.2. The normalized spacial score (nSPS) is 16.2. The summed E-state index contributed by atoms with van der Waals surface area (Å²) in [6.45, 7) is 2.78. The first-order valence-corrected chi connectivity index (χ1v) is 10.2. The number of aromatic nitrogens is 3. The quantitative estimate of drug-likeness (QED) is 0.581. The molecule has 1 N–H and O–H groups in total. The summed E-state index contributed by atoms with van der Waals surface area (Å²) in [4.78, 5) is 4.63. The van der Waals surface area contributed by atoms with Crippen molar-refractivity contribution in [2.24, 2.45) is 5.92 Å². The number of aliphatic hydroxyl groups excluding tert-OH is 1. The van der Waals surface area contributed by atoms with Crippen LogP contribution in [-0.2, 0) is 6.54 Å². The zero-order valence-electron chi connectivity index (χ0n) is 16.7. The number of rotatable bonds is 5. The Morgan fingerprint density at radius 1 is 1.07 bits per heavy atom. The van der Waals surface area contributed by atoms with E-state index in [0.717, 1.165) is 23.4 Å². The molecule has 0 saturated heterocycles. The molecule has 0 radical (unpaired) electrons. The molecule has 4 nitrogen and oxygen atoms in total. The minimum Gasteiger partial charge on any atom is -0.379 e. The van der Waals surface area contributed by atoms with Crippen LogP contribution in [0.25, 0.3) is 22.4 Å². The Balaban J connectivity index is 1.63. The highest BCUT2D eigenvalue weighted by molar-refractivity contribution is 5.80. The van der Waals surface area contributed by atoms with E-state index in [-0.39, 0.29) is 5.56 Å². The van der Waals surface area contributed by atoms with Crippen molar-refractivity contribution in [2.45, 2.75) is 51.4 Å². The zero-order chi connectivity index (χ0) is 21.3. The second kappa shape index (κ2) is 8.22. The molecule has 1 fully saturated rings. The van der Waals surface area contributed by atoms with Crippen LogP contribution in [0.2, 0.25) is 0 Å². The molecule has 1 saturated carbocycles. The molecule has 1 unspecified atom stereocenters. The average molecular weight is 415 g/mol. The van der Waals surface area contributed by atoms with Crippen molar-refractivity contribution in [3.63, 3.8) is 0 Å². The number of nitrogens with zero attached hydrogens (tertiary/aromatic N) is 3. The number of aliphatic hydroxyl groups is 1. The summed E-state index contributed by atoms with van der Waals surface area (Å²) in [6, 6.07) is 9.61. The standard InChI is InChI=1S/C23H24F3N3O/c1-15-6-11-20(19-12-27-29(14-19)13-16-4-2-3-5-16)21(28-15)17-7-9-18(10-8-17)22(30)23(24,25)26/h6-12,14,16,22,30H,2-5,13H2,1H3. The molecule has 1 atom stereocenters. The number of benzene rings is 1. The summed E-state index contributed by atoms with van der Waals surface area (Å²) >= 11 is 0. The maximum atomic E-state index is 12.8. The number of alkyl halides is 3. The van der Waals surface area contributed by atoms with E-state index in [1.807, 2.05) is 36.1 Å². The average Bonchev–Trinajstić information content (AvgIpc) is 3.39. The predicted octanol–water partition coefficient (Wildman–Crippen LogP) is 5.71. The van der Waals surface area contributed by atoms with Crippen LogP contribution in [0.15, 0.2) is 48.8 Å². The number of hydrogen-bond donors (Lipinski definition) is 1. The number of hydrogen-bond acceptors (Lipinski definition) is 3. The van der Waals surface area contributed by atoms with Gasteiger partial charge in [-0.25, -0.2) is 0 Å². The molecule has 7 heteroatoms. The van der Waals surface area contributed by atoms with E-state index in [4.69, 9.17) is 0 Å². The van der Waals surface area contributed by atoms with Crippen LogP contribution in [0.1, 0.15) is 43.0 Å². The van der Waals surface area contributed by atoms with Crippen molar-refractivity contribution < 1.29 is 18.3 Å². The fourth-order valence-corrected chi connectivity index (χ4v) is 4.08. The van der Waals surface area contributed by atoms with E-state index in [1.165, 1.54) is 37.8 Å². The third kappa shape index (κ3) is 4.41. The van der Waals surface area contributed by atoms with Gasteiger partial charge >= 0.3 is 6.18 Å². The first kappa shape index (κ1) is 20.6. The van der Waals surface area contributed by atoms with Crippen molar-refractivity contribution in [2.75, 3.05) is 0 Å². The Bertz CT molecular complexity index is 1010. The molecule has 3 aromatic rings. The van der Waals surface area contributed by atoms with Gasteiger partial charge in [0.25, 0.3) is 0 Å². The third-order valence-corrected chi connectivity index (χ3v) is 5.71. The molecule has 0 amide bonds. The fraction of sp³-hybridized carbons (Fsp3) is 0.391.